The summed E-state index contributed by atoms with van der Waals surface area (Å²) in [6.45, 7) is 2.24. The van der Waals surface area contributed by atoms with Crippen molar-refractivity contribution in [3.63, 3.8) is 0 Å². The van der Waals surface area contributed by atoms with Crippen molar-refractivity contribution in [1.29, 1.82) is 0 Å². The Morgan fingerprint density at radius 2 is 2.29 bits per heavy atom. The van der Waals surface area contributed by atoms with Crippen molar-refractivity contribution in [3.8, 4) is 0 Å². The number of furan rings is 1. The maximum atomic E-state index is 13.1. The van der Waals surface area contributed by atoms with Crippen molar-refractivity contribution in [2.24, 2.45) is 0 Å². The molecule has 1 aliphatic rings. The Balaban J connectivity index is 1.94. The van der Waals surface area contributed by atoms with Gasteiger partial charge in [0.05, 0.1) is 23.8 Å². The highest BCUT2D eigenvalue weighted by molar-refractivity contribution is 7.07. The molecular weight excluding hydrogens is 326 g/mol. The molecule has 6 heteroatoms. The Labute approximate surface area is 144 Å². The molecule has 2 aromatic rings. The van der Waals surface area contributed by atoms with Crippen molar-refractivity contribution in [3.05, 3.63) is 45.5 Å². The maximum Gasteiger partial charge on any atom is 0.258 e. The molecule has 1 amide bonds. The Morgan fingerprint density at radius 3 is 2.96 bits per heavy atom. The van der Waals surface area contributed by atoms with E-state index in [1.165, 1.54) is 6.26 Å². The van der Waals surface area contributed by atoms with Crippen LogP contribution in [0.4, 0.5) is 0 Å². The molecule has 24 heavy (non-hydrogen) atoms. The Kier molecular flexibility index (Phi) is 5.16. The largest absolute Gasteiger partial charge is 0.468 e. The third-order valence-corrected chi connectivity index (χ3v) is 5.23. The average Bonchev–Trinajstić information content (AvgIpc) is 3.24. The molecule has 0 unspecified atom stereocenters. The van der Waals surface area contributed by atoms with Gasteiger partial charge in [0.1, 0.15) is 12.0 Å². The van der Waals surface area contributed by atoms with Gasteiger partial charge in [-0.05, 0) is 35.2 Å². The molecule has 2 aromatic heterocycles. The minimum atomic E-state index is -0.290. The first-order valence-electron chi connectivity index (χ1n) is 8.22. The first-order valence-corrected chi connectivity index (χ1v) is 9.16. The van der Waals surface area contributed by atoms with Crippen LogP contribution in [0.1, 0.15) is 58.2 Å². The van der Waals surface area contributed by atoms with Crippen LogP contribution in [-0.4, -0.2) is 34.3 Å². The first-order chi connectivity index (χ1) is 11.7. The van der Waals surface area contributed by atoms with E-state index in [4.69, 9.17) is 4.42 Å². The highest BCUT2D eigenvalue weighted by Crippen LogP contribution is 2.28. The molecule has 0 fully saturated rings. The van der Waals surface area contributed by atoms with E-state index < -0.39 is 0 Å². The number of carbonyl (C=O) groups excluding carboxylic acids is 2. The summed E-state index contributed by atoms with van der Waals surface area (Å²) in [5, 5.41) is 13.6. The first kappa shape index (κ1) is 16.9. The number of hydrogen-bond donors (Lipinski definition) is 1. The third kappa shape index (κ3) is 3.16. The number of nitrogens with zero attached hydrogens (tertiary/aromatic N) is 1. The number of Topliss-reactive ketones (excluding diaryl/α,β-unsaturated/α-hetero) is 1. The van der Waals surface area contributed by atoms with Crippen molar-refractivity contribution < 1.29 is 19.1 Å². The van der Waals surface area contributed by atoms with E-state index in [1.54, 1.807) is 16.2 Å². The van der Waals surface area contributed by atoms with E-state index in [1.807, 2.05) is 23.8 Å². The lowest BCUT2D eigenvalue weighted by molar-refractivity contribution is 0.0560. The predicted octanol–water partition coefficient (Wildman–Crippen LogP) is 3.27. The van der Waals surface area contributed by atoms with Gasteiger partial charge in [0.15, 0.2) is 5.78 Å². The highest BCUT2D eigenvalue weighted by Gasteiger charge is 2.32. The highest BCUT2D eigenvalue weighted by atomic mass is 32.1. The van der Waals surface area contributed by atoms with Crippen LogP contribution in [0, 0.1) is 0 Å². The smallest absolute Gasteiger partial charge is 0.258 e. The van der Waals surface area contributed by atoms with Crippen LogP contribution in [0.3, 0.4) is 0 Å². The molecule has 0 radical (unpaired) electrons. The van der Waals surface area contributed by atoms with Gasteiger partial charge in [0.25, 0.3) is 5.91 Å². The normalized spacial score (nSPS) is 15.2. The van der Waals surface area contributed by atoms with Gasteiger partial charge in [-0.15, -0.1) is 0 Å². The third-order valence-electron chi connectivity index (χ3n) is 4.50. The fourth-order valence-electron chi connectivity index (χ4n) is 3.13. The van der Waals surface area contributed by atoms with Gasteiger partial charge in [-0.25, -0.2) is 0 Å². The van der Waals surface area contributed by atoms with Gasteiger partial charge in [0, 0.05) is 19.4 Å². The van der Waals surface area contributed by atoms with Gasteiger partial charge >= 0.3 is 0 Å². The number of aryl methyl sites for hydroxylation is 1. The van der Waals surface area contributed by atoms with Crippen LogP contribution in [0.25, 0.3) is 0 Å². The monoisotopic (exact) mass is 347 g/mol. The van der Waals surface area contributed by atoms with Crippen LogP contribution in [0.5, 0.6) is 0 Å². The Hall–Kier alpha value is -1.92. The standard InChI is InChI=1S/C18H21NO4S/c1-2-13(9-20)19(8-12-6-7-24-11-12)18(22)14-10-23-16-5-3-4-15(21)17(14)16/h6-7,10-11,13,20H,2-5,8-9H2,1H3/t13-/m1/s1. The molecule has 3 rings (SSSR count). The van der Waals surface area contributed by atoms with E-state index in [0.717, 1.165) is 12.0 Å². The zero-order chi connectivity index (χ0) is 17.1. The van der Waals surface area contributed by atoms with E-state index in [0.29, 0.717) is 42.7 Å². The van der Waals surface area contributed by atoms with Gasteiger partial charge in [-0.3, -0.25) is 9.59 Å². The Bertz CT molecular complexity index is 715. The van der Waals surface area contributed by atoms with Crippen LogP contribution < -0.4 is 0 Å². The van der Waals surface area contributed by atoms with Crippen LogP contribution in [0.15, 0.2) is 27.5 Å². The number of aliphatic hydroxyl groups is 1. The summed E-state index contributed by atoms with van der Waals surface area (Å²) in [6, 6.07) is 1.67. The summed E-state index contributed by atoms with van der Waals surface area (Å²) in [6.07, 6.45) is 3.95. The minimum absolute atomic E-state index is 0.0270. The molecule has 1 aliphatic carbocycles. The lowest BCUT2D eigenvalue weighted by Gasteiger charge is -2.30. The van der Waals surface area contributed by atoms with Crippen molar-refractivity contribution in [2.75, 3.05) is 6.61 Å². The van der Waals surface area contributed by atoms with Crippen LogP contribution >= 0.6 is 11.3 Å². The fraction of sp³-hybridized carbons (Fsp3) is 0.444. The van der Waals surface area contributed by atoms with E-state index in [9.17, 15) is 14.7 Å². The second-order valence-electron chi connectivity index (χ2n) is 6.03. The molecule has 0 aliphatic heterocycles. The zero-order valence-electron chi connectivity index (χ0n) is 13.7. The molecule has 2 heterocycles. The number of fused-ring (bicyclic) bond motifs is 1. The average molecular weight is 347 g/mol. The Morgan fingerprint density at radius 1 is 1.46 bits per heavy atom. The summed E-state index contributed by atoms with van der Waals surface area (Å²) in [5.41, 5.74) is 1.79. The molecule has 1 N–H and O–H groups in total. The second kappa shape index (κ2) is 7.32. The summed E-state index contributed by atoms with van der Waals surface area (Å²) in [4.78, 5) is 27.0. The van der Waals surface area contributed by atoms with Crippen molar-refractivity contribution >= 4 is 23.0 Å². The second-order valence-corrected chi connectivity index (χ2v) is 6.81. The van der Waals surface area contributed by atoms with Crippen molar-refractivity contribution in [1.82, 2.24) is 4.90 Å². The molecule has 0 spiro atoms. The number of aliphatic hydroxyl groups excluding tert-OH is 1. The maximum absolute atomic E-state index is 13.1. The summed E-state index contributed by atoms with van der Waals surface area (Å²) < 4.78 is 5.48. The van der Waals surface area contributed by atoms with Crippen LogP contribution in [0.2, 0.25) is 0 Å². The van der Waals surface area contributed by atoms with Gasteiger partial charge in [-0.2, -0.15) is 11.3 Å². The summed E-state index contributed by atoms with van der Waals surface area (Å²) in [7, 11) is 0. The number of rotatable bonds is 6. The van der Waals surface area contributed by atoms with Crippen LogP contribution in [-0.2, 0) is 13.0 Å². The molecule has 1 atom stereocenters. The molecule has 0 bridgehead atoms. The van der Waals surface area contributed by atoms with E-state index >= 15 is 0 Å². The number of ketones is 1. The summed E-state index contributed by atoms with van der Waals surface area (Å²) >= 11 is 1.57. The quantitative estimate of drug-likeness (QED) is 0.870. The number of amides is 1. The van der Waals surface area contributed by atoms with Gasteiger partial charge in [-0.1, -0.05) is 6.92 Å². The van der Waals surface area contributed by atoms with Gasteiger partial charge in [0.2, 0.25) is 0 Å². The molecule has 0 aromatic carbocycles. The fourth-order valence-corrected chi connectivity index (χ4v) is 3.79. The number of carbonyl (C=O) groups is 2. The zero-order valence-corrected chi connectivity index (χ0v) is 14.5. The van der Waals surface area contributed by atoms with Gasteiger partial charge < -0.3 is 14.4 Å². The topological polar surface area (TPSA) is 70.8 Å². The molecule has 128 valence electrons. The summed E-state index contributed by atoms with van der Waals surface area (Å²) in [5.74, 6) is 0.338. The van der Waals surface area contributed by atoms with Crippen molar-refractivity contribution in [2.45, 2.75) is 45.2 Å². The lowest BCUT2D eigenvalue weighted by atomic mass is 9.93. The van der Waals surface area contributed by atoms with E-state index in [2.05, 4.69) is 0 Å². The molecular formula is C18H21NO4S. The van der Waals surface area contributed by atoms with E-state index in [-0.39, 0.29) is 24.3 Å². The SMILES string of the molecule is CC[C@H](CO)N(Cc1ccsc1)C(=O)c1coc2c1C(=O)CCC2. The lowest BCUT2D eigenvalue weighted by Crippen LogP contribution is -2.42. The molecule has 0 saturated heterocycles. The number of hydrogen-bond acceptors (Lipinski definition) is 5. The molecule has 5 nitrogen and oxygen atoms in total. The minimum Gasteiger partial charge on any atom is -0.468 e. The number of thiophene rings is 1. The molecule has 0 saturated carbocycles. The predicted molar refractivity (Wildman–Crippen MR) is 91.3 cm³/mol.